The lowest BCUT2D eigenvalue weighted by atomic mass is 10.00. The van der Waals surface area contributed by atoms with Gasteiger partial charge in [0.25, 0.3) is 0 Å². The third-order valence-electron chi connectivity index (χ3n) is 7.26. The normalized spacial score (nSPS) is 23.3. The molecule has 1 aromatic carbocycles. The fourth-order valence-corrected chi connectivity index (χ4v) is 5.34. The molecule has 8 heteroatoms. The first-order valence-corrected chi connectivity index (χ1v) is 12.6. The van der Waals surface area contributed by atoms with Gasteiger partial charge in [0.05, 0.1) is 25.0 Å². The second-order valence-corrected chi connectivity index (χ2v) is 9.56. The predicted octanol–water partition coefficient (Wildman–Crippen LogP) is 4.42. The Labute approximate surface area is 200 Å². The minimum atomic E-state index is 0.0839. The number of hydrogen-bond acceptors (Lipinski definition) is 6. The SMILES string of the molecule is CCC(NC(=O)CC[C@@H]1CCC(n2cnc3c(N[C@@H]4CCOC4)ncnc32)C1)c1ccccc1. The highest BCUT2D eigenvalue weighted by atomic mass is 16.5. The molecule has 8 nitrogen and oxygen atoms in total. The van der Waals surface area contributed by atoms with Gasteiger partial charge in [-0.1, -0.05) is 37.3 Å². The van der Waals surface area contributed by atoms with Crippen molar-refractivity contribution in [3.05, 3.63) is 48.5 Å². The average molecular weight is 463 g/mol. The number of carbonyl (C=O) groups excluding carboxylic acids is 1. The largest absolute Gasteiger partial charge is 0.379 e. The summed E-state index contributed by atoms with van der Waals surface area (Å²) in [4.78, 5) is 26.3. The summed E-state index contributed by atoms with van der Waals surface area (Å²) >= 11 is 0. The fourth-order valence-electron chi connectivity index (χ4n) is 5.34. The van der Waals surface area contributed by atoms with E-state index in [-0.39, 0.29) is 18.0 Å². The van der Waals surface area contributed by atoms with E-state index in [1.807, 2.05) is 24.5 Å². The quantitative estimate of drug-likeness (QED) is 0.489. The molecule has 5 rings (SSSR count). The standard InChI is InChI=1S/C26H34N6O2/c1-2-22(19-6-4-3-5-7-19)31-23(33)11-9-18-8-10-21(14-18)32-17-29-24-25(27-16-28-26(24)32)30-20-12-13-34-15-20/h3-7,16-18,20-22H,2,8-15H2,1H3,(H,31,33)(H,27,28,30)/t18-,20+,21?,22?/m0/s1. The smallest absolute Gasteiger partial charge is 0.220 e. The number of hydrogen-bond donors (Lipinski definition) is 2. The Morgan fingerprint density at radius 2 is 2.06 bits per heavy atom. The Balaban J connectivity index is 1.16. The number of benzene rings is 1. The lowest BCUT2D eigenvalue weighted by molar-refractivity contribution is -0.122. The molecule has 0 bridgehead atoms. The van der Waals surface area contributed by atoms with Crippen molar-refractivity contribution < 1.29 is 9.53 Å². The van der Waals surface area contributed by atoms with Gasteiger partial charge in [-0.3, -0.25) is 4.79 Å². The number of rotatable bonds is 9. The highest BCUT2D eigenvalue weighted by molar-refractivity contribution is 5.83. The highest BCUT2D eigenvalue weighted by Crippen LogP contribution is 2.38. The molecule has 180 valence electrons. The van der Waals surface area contributed by atoms with E-state index in [1.54, 1.807) is 6.33 Å². The van der Waals surface area contributed by atoms with Crippen molar-refractivity contribution in [2.75, 3.05) is 18.5 Å². The van der Waals surface area contributed by atoms with Crippen molar-refractivity contribution in [2.45, 2.75) is 70.0 Å². The zero-order valence-electron chi connectivity index (χ0n) is 19.8. The number of carbonyl (C=O) groups is 1. The van der Waals surface area contributed by atoms with Crippen molar-refractivity contribution in [3.8, 4) is 0 Å². The van der Waals surface area contributed by atoms with E-state index in [0.717, 1.165) is 62.1 Å². The predicted molar refractivity (Wildman–Crippen MR) is 131 cm³/mol. The van der Waals surface area contributed by atoms with Crippen LogP contribution in [-0.2, 0) is 9.53 Å². The third kappa shape index (κ3) is 5.06. The van der Waals surface area contributed by atoms with Gasteiger partial charge in [-0.2, -0.15) is 0 Å². The summed E-state index contributed by atoms with van der Waals surface area (Å²) in [5.41, 5.74) is 2.87. The Morgan fingerprint density at radius 3 is 2.85 bits per heavy atom. The number of aromatic nitrogens is 4. The second-order valence-electron chi connectivity index (χ2n) is 9.56. The fraction of sp³-hybridized carbons (Fsp3) is 0.538. The summed E-state index contributed by atoms with van der Waals surface area (Å²) in [5.74, 6) is 1.47. The van der Waals surface area contributed by atoms with Gasteiger partial charge in [0, 0.05) is 19.1 Å². The number of imidazole rings is 1. The van der Waals surface area contributed by atoms with Crippen LogP contribution in [0.4, 0.5) is 5.82 Å². The van der Waals surface area contributed by atoms with Crippen LogP contribution in [0, 0.1) is 5.92 Å². The summed E-state index contributed by atoms with van der Waals surface area (Å²) in [5, 5.41) is 6.68. The van der Waals surface area contributed by atoms with Crippen LogP contribution in [0.5, 0.6) is 0 Å². The molecule has 2 N–H and O–H groups in total. The van der Waals surface area contributed by atoms with Crippen molar-refractivity contribution in [3.63, 3.8) is 0 Å². The lowest BCUT2D eigenvalue weighted by Crippen LogP contribution is -2.28. The van der Waals surface area contributed by atoms with E-state index in [4.69, 9.17) is 4.74 Å². The van der Waals surface area contributed by atoms with Gasteiger partial charge >= 0.3 is 0 Å². The molecule has 1 saturated heterocycles. The molecule has 2 aromatic heterocycles. The van der Waals surface area contributed by atoms with E-state index >= 15 is 0 Å². The van der Waals surface area contributed by atoms with E-state index < -0.39 is 0 Å². The Bertz CT molecular complexity index is 1100. The maximum Gasteiger partial charge on any atom is 0.220 e. The molecule has 1 saturated carbocycles. The topological polar surface area (TPSA) is 94.0 Å². The van der Waals surface area contributed by atoms with Crippen molar-refractivity contribution >= 4 is 22.9 Å². The Hall–Kier alpha value is -3.00. The molecular weight excluding hydrogens is 428 g/mol. The third-order valence-corrected chi connectivity index (χ3v) is 7.26. The van der Waals surface area contributed by atoms with E-state index in [2.05, 4.69) is 49.2 Å². The molecule has 34 heavy (non-hydrogen) atoms. The zero-order chi connectivity index (χ0) is 23.3. The van der Waals surface area contributed by atoms with Gasteiger partial charge < -0.3 is 19.9 Å². The summed E-state index contributed by atoms with van der Waals surface area (Å²) in [6, 6.07) is 10.9. The van der Waals surface area contributed by atoms with Crippen molar-refractivity contribution in [1.29, 1.82) is 0 Å². The van der Waals surface area contributed by atoms with Crippen LogP contribution in [0.25, 0.3) is 11.2 Å². The number of anilines is 1. The number of nitrogens with zero attached hydrogens (tertiary/aromatic N) is 4. The molecule has 0 spiro atoms. The minimum Gasteiger partial charge on any atom is -0.379 e. The van der Waals surface area contributed by atoms with Gasteiger partial charge in [-0.25, -0.2) is 15.0 Å². The van der Waals surface area contributed by atoms with Crippen LogP contribution in [0.2, 0.25) is 0 Å². The van der Waals surface area contributed by atoms with Gasteiger partial charge in [-0.15, -0.1) is 0 Å². The molecule has 2 fully saturated rings. The molecule has 2 aliphatic rings. The van der Waals surface area contributed by atoms with Gasteiger partial charge in [0.1, 0.15) is 11.8 Å². The summed E-state index contributed by atoms with van der Waals surface area (Å²) in [6.45, 7) is 3.60. The number of ether oxygens (including phenoxy) is 1. The van der Waals surface area contributed by atoms with Gasteiger partial charge in [0.2, 0.25) is 5.91 Å². The van der Waals surface area contributed by atoms with Crippen molar-refractivity contribution in [2.24, 2.45) is 5.92 Å². The monoisotopic (exact) mass is 462 g/mol. The zero-order valence-corrected chi connectivity index (χ0v) is 19.8. The van der Waals surface area contributed by atoms with E-state index in [0.29, 0.717) is 25.0 Å². The van der Waals surface area contributed by atoms with Gasteiger partial charge in [-0.05, 0) is 50.0 Å². The molecule has 0 radical (unpaired) electrons. The van der Waals surface area contributed by atoms with Crippen LogP contribution in [0.1, 0.15) is 69.5 Å². The molecule has 1 aliphatic heterocycles. The Kier molecular flexibility index (Phi) is 7.04. The van der Waals surface area contributed by atoms with Crippen LogP contribution < -0.4 is 10.6 Å². The first-order chi connectivity index (χ1) is 16.7. The summed E-state index contributed by atoms with van der Waals surface area (Å²) in [6.07, 6.45) is 10.2. The second kappa shape index (κ2) is 10.5. The Morgan fingerprint density at radius 1 is 1.18 bits per heavy atom. The molecule has 1 aliphatic carbocycles. The van der Waals surface area contributed by atoms with E-state index in [9.17, 15) is 4.79 Å². The number of amides is 1. The van der Waals surface area contributed by atoms with Crippen LogP contribution in [0.15, 0.2) is 43.0 Å². The van der Waals surface area contributed by atoms with Crippen LogP contribution in [0.3, 0.4) is 0 Å². The molecule has 4 atom stereocenters. The number of nitrogens with one attached hydrogen (secondary N) is 2. The molecular formula is C26H34N6O2. The summed E-state index contributed by atoms with van der Waals surface area (Å²) < 4.78 is 7.67. The molecule has 3 heterocycles. The number of fused-ring (bicyclic) bond motifs is 1. The first kappa shape index (κ1) is 22.8. The maximum absolute atomic E-state index is 12.6. The maximum atomic E-state index is 12.6. The lowest BCUT2D eigenvalue weighted by Gasteiger charge is -2.18. The van der Waals surface area contributed by atoms with E-state index in [1.165, 1.54) is 5.56 Å². The summed E-state index contributed by atoms with van der Waals surface area (Å²) in [7, 11) is 0. The molecule has 2 unspecified atom stereocenters. The molecule has 1 amide bonds. The van der Waals surface area contributed by atoms with Crippen molar-refractivity contribution in [1.82, 2.24) is 24.8 Å². The van der Waals surface area contributed by atoms with Crippen LogP contribution >= 0.6 is 0 Å². The highest BCUT2D eigenvalue weighted by Gasteiger charge is 2.28. The average Bonchev–Trinajstić information content (AvgIpc) is 3.63. The first-order valence-electron chi connectivity index (χ1n) is 12.6. The van der Waals surface area contributed by atoms with Gasteiger partial charge in [0.15, 0.2) is 11.5 Å². The minimum absolute atomic E-state index is 0.0839. The molecule has 3 aromatic rings. The van der Waals surface area contributed by atoms with Crippen LogP contribution in [-0.4, -0.2) is 44.7 Å².